The van der Waals surface area contributed by atoms with E-state index in [2.05, 4.69) is 11.4 Å². The zero-order valence-electron chi connectivity index (χ0n) is 9.25. The molecule has 0 heterocycles. The highest BCUT2D eigenvalue weighted by Crippen LogP contribution is 2.23. The largest absolute Gasteiger partial charge is 0.325 e. The van der Waals surface area contributed by atoms with Crippen molar-refractivity contribution in [1.29, 1.82) is 5.26 Å². The van der Waals surface area contributed by atoms with Gasteiger partial charge in [0.25, 0.3) is 0 Å². The number of alkyl halides is 1. The van der Waals surface area contributed by atoms with Crippen LogP contribution in [0.5, 0.6) is 0 Å². The summed E-state index contributed by atoms with van der Waals surface area (Å²) in [5.74, 6) is -0.306. The molecule has 0 radical (unpaired) electrons. The number of carbonyl (C=O) groups is 1. The van der Waals surface area contributed by atoms with Crippen LogP contribution in [0.15, 0.2) is 24.3 Å². The van der Waals surface area contributed by atoms with Gasteiger partial charge in [-0.1, -0.05) is 12.1 Å². The van der Waals surface area contributed by atoms with E-state index in [1.165, 1.54) is 0 Å². The van der Waals surface area contributed by atoms with Crippen LogP contribution in [0.25, 0.3) is 0 Å². The molecule has 1 amide bonds. The number of carbonyl (C=O) groups excluding carboxylic acids is 1. The number of nitrogens with zero attached hydrogens (tertiary/aromatic N) is 1. The first-order chi connectivity index (χ1) is 7.49. The van der Waals surface area contributed by atoms with Crippen LogP contribution >= 0.6 is 11.6 Å². The molecule has 1 aromatic rings. The van der Waals surface area contributed by atoms with Crippen molar-refractivity contribution in [3.05, 3.63) is 29.8 Å². The van der Waals surface area contributed by atoms with Crippen molar-refractivity contribution >= 4 is 23.2 Å². The summed E-state index contributed by atoms with van der Waals surface area (Å²) in [4.78, 5) is 11.0. The fraction of sp³-hybridized carbons (Fsp3) is 0.333. The lowest BCUT2D eigenvalue weighted by Gasteiger charge is -2.15. The lowest BCUT2D eigenvalue weighted by Crippen LogP contribution is -2.15. The predicted molar refractivity (Wildman–Crippen MR) is 64.4 cm³/mol. The maximum absolute atomic E-state index is 11.0. The fourth-order valence-corrected chi connectivity index (χ4v) is 1.30. The van der Waals surface area contributed by atoms with Gasteiger partial charge in [-0.05, 0) is 31.5 Å². The monoisotopic (exact) mass is 236 g/mol. The number of amides is 1. The molecule has 0 saturated heterocycles. The first kappa shape index (κ1) is 12.5. The highest BCUT2D eigenvalue weighted by Gasteiger charge is 2.19. The first-order valence-corrected chi connectivity index (χ1v) is 5.40. The van der Waals surface area contributed by atoms with E-state index in [-0.39, 0.29) is 11.8 Å². The molecule has 84 valence electrons. The Labute approximate surface area is 100 Å². The van der Waals surface area contributed by atoms with Gasteiger partial charge in [0.15, 0.2) is 0 Å². The van der Waals surface area contributed by atoms with Gasteiger partial charge in [-0.25, -0.2) is 0 Å². The maximum atomic E-state index is 11.0. The van der Waals surface area contributed by atoms with Crippen molar-refractivity contribution in [3.8, 4) is 6.07 Å². The van der Waals surface area contributed by atoms with E-state index in [1.807, 2.05) is 26.0 Å². The second-order valence-corrected chi connectivity index (χ2v) is 4.26. The molecule has 1 rings (SSSR count). The molecule has 3 nitrogen and oxygen atoms in total. The van der Waals surface area contributed by atoms with Crippen molar-refractivity contribution in [3.63, 3.8) is 0 Å². The van der Waals surface area contributed by atoms with Gasteiger partial charge in [0, 0.05) is 5.69 Å². The van der Waals surface area contributed by atoms with Crippen molar-refractivity contribution < 1.29 is 4.79 Å². The molecule has 4 heteroatoms. The van der Waals surface area contributed by atoms with Crippen molar-refractivity contribution in [2.75, 3.05) is 11.2 Å². The van der Waals surface area contributed by atoms with E-state index in [0.29, 0.717) is 5.69 Å². The quantitative estimate of drug-likeness (QED) is 0.821. The van der Waals surface area contributed by atoms with Crippen LogP contribution in [-0.4, -0.2) is 11.8 Å². The van der Waals surface area contributed by atoms with Crippen molar-refractivity contribution in [1.82, 2.24) is 0 Å². The maximum Gasteiger partial charge on any atom is 0.239 e. The first-order valence-electron chi connectivity index (χ1n) is 4.87. The minimum absolute atomic E-state index is 0.0640. The van der Waals surface area contributed by atoms with Gasteiger partial charge in [-0.15, -0.1) is 11.6 Å². The number of rotatable bonds is 3. The second-order valence-electron chi connectivity index (χ2n) is 4.00. The summed E-state index contributed by atoms with van der Waals surface area (Å²) in [5, 5.41) is 11.6. The lowest BCUT2D eigenvalue weighted by molar-refractivity contribution is -0.113. The number of hydrogen-bond donors (Lipinski definition) is 1. The highest BCUT2D eigenvalue weighted by atomic mass is 35.5. The van der Waals surface area contributed by atoms with Crippen molar-refractivity contribution in [2.45, 2.75) is 19.3 Å². The number of nitriles is 1. The Bertz CT molecular complexity index is 418. The number of nitrogens with one attached hydrogen (secondary N) is 1. The third-order valence-electron chi connectivity index (χ3n) is 2.29. The van der Waals surface area contributed by atoms with Crippen LogP contribution in [0.2, 0.25) is 0 Å². The average molecular weight is 237 g/mol. The Morgan fingerprint density at radius 1 is 1.44 bits per heavy atom. The Balaban J connectivity index is 2.84. The summed E-state index contributed by atoms with van der Waals surface area (Å²) in [6, 6.07) is 9.40. The number of halogens is 1. The molecule has 0 aliphatic rings. The zero-order chi connectivity index (χ0) is 12.2. The summed E-state index contributed by atoms with van der Waals surface area (Å²) < 4.78 is 0. The number of hydrogen-bond acceptors (Lipinski definition) is 2. The molecule has 0 spiro atoms. The summed E-state index contributed by atoms with van der Waals surface area (Å²) in [6.45, 7) is 3.69. The molecular weight excluding hydrogens is 224 g/mol. The van der Waals surface area contributed by atoms with E-state index in [0.717, 1.165) is 5.56 Å². The van der Waals surface area contributed by atoms with Crippen LogP contribution in [0.3, 0.4) is 0 Å². The lowest BCUT2D eigenvalue weighted by atomic mass is 9.86. The van der Waals surface area contributed by atoms with Gasteiger partial charge in [0.2, 0.25) is 5.91 Å². The predicted octanol–water partition coefficient (Wildman–Crippen LogP) is 2.67. The average Bonchev–Trinajstić information content (AvgIpc) is 2.29. The van der Waals surface area contributed by atoms with E-state index in [4.69, 9.17) is 16.9 Å². The molecule has 0 fully saturated rings. The minimum atomic E-state index is -0.519. The fourth-order valence-electron chi connectivity index (χ4n) is 1.23. The van der Waals surface area contributed by atoms with Crippen LogP contribution in [0, 0.1) is 11.3 Å². The summed E-state index contributed by atoms with van der Waals surface area (Å²) >= 11 is 5.37. The Morgan fingerprint density at radius 3 is 2.44 bits per heavy atom. The van der Waals surface area contributed by atoms with Crippen molar-refractivity contribution in [2.24, 2.45) is 0 Å². The third-order valence-corrected chi connectivity index (χ3v) is 2.53. The molecule has 0 saturated carbocycles. The smallest absolute Gasteiger partial charge is 0.239 e. The van der Waals surface area contributed by atoms with Gasteiger partial charge in [0.05, 0.1) is 11.5 Å². The Morgan fingerprint density at radius 2 is 2.00 bits per heavy atom. The van der Waals surface area contributed by atoms with Gasteiger partial charge in [-0.3, -0.25) is 4.79 Å². The number of benzene rings is 1. The molecule has 1 N–H and O–H groups in total. The molecule has 0 aliphatic carbocycles. The Hall–Kier alpha value is -1.53. The zero-order valence-corrected chi connectivity index (χ0v) is 10.0. The molecular formula is C12H13ClN2O. The molecule has 16 heavy (non-hydrogen) atoms. The van der Waals surface area contributed by atoms with Crippen LogP contribution in [0.1, 0.15) is 19.4 Å². The van der Waals surface area contributed by atoms with Gasteiger partial charge >= 0.3 is 0 Å². The molecule has 0 aromatic heterocycles. The second kappa shape index (κ2) is 5.00. The normalized spacial score (nSPS) is 10.6. The Kier molecular flexibility index (Phi) is 3.92. The molecule has 0 bridgehead atoms. The summed E-state index contributed by atoms with van der Waals surface area (Å²) in [7, 11) is 0. The van der Waals surface area contributed by atoms with E-state index in [9.17, 15) is 4.79 Å². The third kappa shape index (κ3) is 2.98. The van der Waals surface area contributed by atoms with Crippen LogP contribution in [-0.2, 0) is 10.2 Å². The standard InChI is InChI=1S/C12H13ClN2O/c1-12(2,8-14)9-3-5-10(6-4-9)15-11(16)7-13/h3-6H,7H2,1-2H3,(H,15,16). The number of anilines is 1. The van der Waals surface area contributed by atoms with Crippen LogP contribution in [0.4, 0.5) is 5.69 Å². The molecule has 1 aromatic carbocycles. The van der Waals surface area contributed by atoms with E-state index in [1.54, 1.807) is 12.1 Å². The molecule has 0 aliphatic heterocycles. The molecule has 0 unspecified atom stereocenters. The van der Waals surface area contributed by atoms with E-state index >= 15 is 0 Å². The summed E-state index contributed by atoms with van der Waals surface area (Å²) in [6.07, 6.45) is 0. The van der Waals surface area contributed by atoms with Gasteiger partial charge < -0.3 is 5.32 Å². The SMILES string of the molecule is CC(C)(C#N)c1ccc(NC(=O)CCl)cc1. The van der Waals surface area contributed by atoms with Gasteiger partial charge in [0.1, 0.15) is 5.88 Å². The molecule has 0 atom stereocenters. The topological polar surface area (TPSA) is 52.9 Å². The minimum Gasteiger partial charge on any atom is -0.325 e. The highest BCUT2D eigenvalue weighted by molar-refractivity contribution is 6.29. The van der Waals surface area contributed by atoms with Crippen LogP contribution < -0.4 is 5.32 Å². The summed E-state index contributed by atoms with van der Waals surface area (Å²) in [5.41, 5.74) is 1.08. The van der Waals surface area contributed by atoms with E-state index < -0.39 is 5.41 Å². The van der Waals surface area contributed by atoms with Gasteiger partial charge in [-0.2, -0.15) is 5.26 Å².